The standard InChI is InChI=1S/C33H32F3N3O6/c1-20-28(31(40)44-4)30(24-13-9-15-26(17-24)39(42)43)29(21(2)37-20)32(41)45-27(19-38(3)18-22-10-6-5-7-11-22)23-12-8-14-25(16-23)33(34,35)36/h5-17,27-28,30H,18-19H2,1-4H3. The van der Waals surface area contributed by atoms with Crippen molar-refractivity contribution >= 4 is 23.3 Å². The predicted molar refractivity (Wildman–Crippen MR) is 160 cm³/mol. The molecule has 0 aliphatic carbocycles. The van der Waals surface area contributed by atoms with Gasteiger partial charge in [0.25, 0.3) is 5.69 Å². The van der Waals surface area contributed by atoms with Crippen molar-refractivity contribution < 1.29 is 37.2 Å². The molecule has 0 spiro atoms. The Labute approximate surface area is 258 Å². The summed E-state index contributed by atoms with van der Waals surface area (Å²) in [5.41, 5.74) is 0.640. The molecule has 0 amide bonds. The number of likely N-dealkylation sites (N-methyl/N-ethyl adjacent to an activating group) is 1. The maximum absolute atomic E-state index is 14.1. The highest BCUT2D eigenvalue weighted by molar-refractivity contribution is 6.07. The topological polar surface area (TPSA) is 111 Å². The van der Waals surface area contributed by atoms with Crippen molar-refractivity contribution in [1.29, 1.82) is 0 Å². The van der Waals surface area contributed by atoms with Crippen molar-refractivity contribution in [2.75, 3.05) is 20.7 Å². The summed E-state index contributed by atoms with van der Waals surface area (Å²) in [7, 11) is 2.93. The molecule has 12 heteroatoms. The number of halogens is 3. The van der Waals surface area contributed by atoms with Gasteiger partial charge >= 0.3 is 18.1 Å². The van der Waals surface area contributed by atoms with Crippen molar-refractivity contribution in [3.05, 3.63) is 123 Å². The fraction of sp³-hybridized carbons (Fsp3) is 0.303. The summed E-state index contributed by atoms with van der Waals surface area (Å²) < 4.78 is 52.0. The summed E-state index contributed by atoms with van der Waals surface area (Å²) in [5, 5.41) is 11.6. The number of hydrogen-bond acceptors (Lipinski definition) is 8. The molecule has 0 bridgehead atoms. The molecule has 3 unspecified atom stereocenters. The number of carbonyl (C=O) groups excluding carboxylic acids is 2. The van der Waals surface area contributed by atoms with E-state index in [0.29, 0.717) is 12.3 Å². The molecule has 3 aromatic rings. The second kappa shape index (κ2) is 13.9. The van der Waals surface area contributed by atoms with Crippen LogP contribution in [0.3, 0.4) is 0 Å². The maximum atomic E-state index is 14.1. The minimum absolute atomic E-state index is 0.0263. The van der Waals surface area contributed by atoms with Crippen LogP contribution in [-0.2, 0) is 31.8 Å². The fourth-order valence-electron chi connectivity index (χ4n) is 5.49. The Balaban J connectivity index is 1.77. The molecule has 0 radical (unpaired) electrons. The lowest BCUT2D eigenvalue weighted by Gasteiger charge is -2.32. The Bertz CT molecular complexity index is 1640. The molecule has 3 atom stereocenters. The second-order valence-corrected chi connectivity index (χ2v) is 10.8. The van der Waals surface area contributed by atoms with E-state index in [-0.39, 0.29) is 34.6 Å². The van der Waals surface area contributed by atoms with Crippen LogP contribution in [0.15, 0.2) is 95.1 Å². The van der Waals surface area contributed by atoms with E-state index in [2.05, 4.69) is 4.99 Å². The molecule has 1 aliphatic rings. The van der Waals surface area contributed by atoms with Gasteiger partial charge in [0, 0.05) is 42.5 Å². The van der Waals surface area contributed by atoms with Crippen molar-refractivity contribution in [2.45, 2.75) is 38.6 Å². The van der Waals surface area contributed by atoms with E-state index in [1.54, 1.807) is 27.0 Å². The van der Waals surface area contributed by atoms with Gasteiger partial charge < -0.3 is 9.47 Å². The third kappa shape index (κ3) is 7.82. The minimum atomic E-state index is -4.63. The molecular formula is C33H32F3N3O6. The maximum Gasteiger partial charge on any atom is 0.416 e. The Kier molecular flexibility index (Phi) is 10.2. The molecular weight excluding hydrogens is 591 g/mol. The van der Waals surface area contributed by atoms with Crippen LogP contribution in [0.4, 0.5) is 18.9 Å². The summed E-state index contributed by atoms with van der Waals surface area (Å²) in [4.78, 5) is 44.3. The molecule has 0 N–H and O–H groups in total. The lowest BCUT2D eigenvalue weighted by atomic mass is 9.75. The van der Waals surface area contributed by atoms with E-state index in [9.17, 15) is 32.9 Å². The number of alkyl halides is 3. The minimum Gasteiger partial charge on any atom is -0.468 e. The number of ether oxygens (including phenoxy) is 2. The third-order valence-corrected chi connectivity index (χ3v) is 7.55. The number of benzene rings is 3. The van der Waals surface area contributed by atoms with E-state index < -0.39 is 46.5 Å². The average Bonchev–Trinajstić information content (AvgIpc) is 3.00. The molecule has 9 nitrogen and oxygen atoms in total. The Morgan fingerprint density at radius 1 is 1.02 bits per heavy atom. The number of nitro benzene ring substituents is 1. The number of nitro groups is 1. The zero-order chi connectivity index (χ0) is 32.9. The number of aliphatic imine (C=N–C) groups is 1. The second-order valence-electron chi connectivity index (χ2n) is 10.8. The van der Waals surface area contributed by atoms with Gasteiger partial charge in [0.2, 0.25) is 0 Å². The number of carbonyl (C=O) groups is 2. The molecule has 0 fully saturated rings. The van der Waals surface area contributed by atoms with Gasteiger partial charge in [-0.25, -0.2) is 4.79 Å². The van der Waals surface area contributed by atoms with Gasteiger partial charge in [-0.2, -0.15) is 13.2 Å². The van der Waals surface area contributed by atoms with Crippen molar-refractivity contribution in [3.8, 4) is 0 Å². The Morgan fingerprint density at radius 3 is 2.36 bits per heavy atom. The number of nitrogens with zero attached hydrogens (tertiary/aromatic N) is 3. The quantitative estimate of drug-likeness (QED) is 0.141. The lowest BCUT2D eigenvalue weighted by molar-refractivity contribution is -0.384. The fourth-order valence-corrected chi connectivity index (χ4v) is 5.49. The third-order valence-electron chi connectivity index (χ3n) is 7.55. The molecule has 1 heterocycles. The Morgan fingerprint density at radius 2 is 1.71 bits per heavy atom. The van der Waals surface area contributed by atoms with Gasteiger partial charge in [-0.3, -0.25) is 24.8 Å². The first-order chi connectivity index (χ1) is 21.3. The van der Waals surface area contributed by atoms with Crippen molar-refractivity contribution in [2.24, 2.45) is 10.9 Å². The van der Waals surface area contributed by atoms with E-state index in [1.165, 1.54) is 37.4 Å². The molecule has 1 aliphatic heterocycles. The highest BCUT2D eigenvalue weighted by Gasteiger charge is 2.43. The number of rotatable bonds is 10. The van der Waals surface area contributed by atoms with E-state index in [0.717, 1.165) is 17.7 Å². The van der Waals surface area contributed by atoms with Crippen LogP contribution in [0, 0.1) is 16.0 Å². The predicted octanol–water partition coefficient (Wildman–Crippen LogP) is 6.65. The molecule has 4 rings (SSSR count). The summed E-state index contributed by atoms with van der Waals surface area (Å²) >= 11 is 0. The number of hydrogen-bond donors (Lipinski definition) is 0. The van der Waals surface area contributed by atoms with Crippen molar-refractivity contribution in [3.63, 3.8) is 0 Å². The SMILES string of the molecule is COC(=O)C1C(C)=NC(C)=C(C(=O)OC(CN(C)Cc2ccccc2)c2cccc(C(F)(F)F)c2)C1c1cccc([N+](=O)[O-])c1. The first-order valence-electron chi connectivity index (χ1n) is 14.0. The smallest absolute Gasteiger partial charge is 0.416 e. The van der Waals surface area contributed by atoms with Crippen LogP contribution in [-0.4, -0.2) is 48.2 Å². The summed E-state index contributed by atoms with van der Waals surface area (Å²) in [6.07, 6.45) is -5.79. The van der Waals surface area contributed by atoms with Gasteiger partial charge in [-0.15, -0.1) is 0 Å². The summed E-state index contributed by atoms with van der Waals surface area (Å²) in [5.74, 6) is -3.84. The first-order valence-corrected chi connectivity index (χ1v) is 14.0. The van der Waals surface area contributed by atoms with Crippen LogP contribution in [0.1, 0.15) is 48.1 Å². The largest absolute Gasteiger partial charge is 0.468 e. The van der Waals surface area contributed by atoms with E-state index in [4.69, 9.17) is 9.47 Å². The molecule has 0 saturated carbocycles. The monoisotopic (exact) mass is 623 g/mol. The number of esters is 2. The van der Waals surface area contributed by atoms with E-state index in [1.807, 2.05) is 35.2 Å². The highest BCUT2D eigenvalue weighted by atomic mass is 19.4. The number of methoxy groups -OCH3 is 1. The van der Waals surface area contributed by atoms with Crippen LogP contribution < -0.4 is 0 Å². The average molecular weight is 624 g/mol. The molecule has 3 aromatic carbocycles. The lowest BCUT2D eigenvalue weighted by Crippen LogP contribution is -2.37. The number of allylic oxidation sites excluding steroid dienone is 1. The molecule has 45 heavy (non-hydrogen) atoms. The van der Waals surface area contributed by atoms with Crippen LogP contribution >= 0.6 is 0 Å². The van der Waals surface area contributed by atoms with Gasteiger partial charge in [0.1, 0.15) is 12.0 Å². The van der Waals surface area contributed by atoms with Gasteiger partial charge in [-0.1, -0.05) is 54.6 Å². The van der Waals surface area contributed by atoms with Crippen LogP contribution in [0.2, 0.25) is 0 Å². The van der Waals surface area contributed by atoms with E-state index >= 15 is 0 Å². The zero-order valence-electron chi connectivity index (χ0n) is 25.1. The Hall–Kier alpha value is -4.84. The molecule has 0 saturated heterocycles. The van der Waals surface area contributed by atoms with Gasteiger partial charge in [0.05, 0.1) is 23.2 Å². The highest BCUT2D eigenvalue weighted by Crippen LogP contribution is 2.42. The zero-order valence-corrected chi connectivity index (χ0v) is 25.1. The van der Waals surface area contributed by atoms with Gasteiger partial charge in [-0.05, 0) is 49.7 Å². The van der Waals surface area contributed by atoms with Crippen LogP contribution in [0.5, 0.6) is 0 Å². The van der Waals surface area contributed by atoms with Gasteiger partial charge in [0.15, 0.2) is 0 Å². The molecule has 236 valence electrons. The molecule has 0 aromatic heterocycles. The summed E-state index contributed by atoms with van der Waals surface area (Å²) in [6, 6.07) is 19.5. The first kappa shape index (κ1) is 33.1. The number of non-ortho nitro benzene ring substituents is 1. The van der Waals surface area contributed by atoms with Crippen LogP contribution in [0.25, 0.3) is 0 Å². The van der Waals surface area contributed by atoms with Crippen molar-refractivity contribution in [1.82, 2.24) is 4.90 Å². The normalized spacial score (nSPS) is 17.5. The summed E-state index contributed by atoms with van der Waals surface area (Å²) in [6.45, 7) is 3.57.